The molecular formula is C25H21NO3S. The first-order valence-electron chi connectivity index (χ1n) is 9.58. The fraction of sp³-hybridized carbons (Fsp3) is 0.120. The van der Waals surface area contributed by atoms with Gasteiger partial charge in [0.2, 0.25) is 0 Å². The number of carbonyl (C=O) groups is 1. The van der Waals surface area contributed by atoms with Crippen LogP contribution in [0.3, 0.4) is 0 Å². The zero-order valence-electron chi connectivity index (χ0n) is 16.6. The van der Waals surface area contributed by atoms with Crippen molar-refractivity contribution in [3.8, 4) is 11.5 Å². The Labute approximate surface area is 179 Å². The molecule has 150 valence electrons. The van der Waals surface area contributed by atoms with Crippen molar-refractivity contribution in [2.24, 2.45) is 0 Å². The van der Waals surface area contributed by atoms with Gasteiger partial charge in [0.25, 0.3) is 0 Å². The Morgan fingerprint density at radius 2 is 1.63 bits per heavy atom. The number of hydrogen-bond donors (Lipinski definition) is 0. The van der Waals surface area contributed by atoms with E-state index in [0.717, 1.165) is 32.9 Å². The molecule has 0 bridgehead atoms. The number of pyridine rings is 1. The molecule has 0 N–H and O–H groups in total. The van der Waals surface area contributed by atoms with Crippen LogP contribution in [0.1, 0.15) is 15.9 Å². The van der Waals surface area contributed by atoms with Gasteiger partial charge >= 0.3 is 0 Å². The summed E-state index contributed by atoms with van der Waals surface area (Å²) in [6, 6.07) is 25.0. The molecule has 0 aliphatic carbocycles. The van der Waals surface area contributed by atoms with Gasteiger partial charge in [0.1, 0.15) is 18.1 Å². The first kappa shape index (κ1) is 20.0. The standard InChI is InChI=1S/C25H21NO3S/c1-28-20-10-6-18(7-11-20)16-29-21-12-8-19(9-13-21)24(27)17-30-25-14-15-26-23-5-3-2-4-22(23)25/h2-15H,16-17H2,1H3. The number of Topliss-reactive ketones (excluding diaryl/α,β-unsaturated/α-hetero) is 1. The maximum absolute atomic E-state index is 12.6. The number of nitrogens with zero attached hydrogens (tertiary/aromatic N) is 1. The lowest BCUT2D eigenvalue weighted by molar-refractivity contribution is 0.102. The summed E-state index contributed by atoms with van der Waals surface area (Å²) in [6.45, 7) is 0.461. The molecule has 0 aliphatic rings. The molecular weight excluding hydrogens is 394 g/mol. The Balaban J connectivity index is 1.34. The number of benzene rings is 3. The third kappa shape index (κ3) is 4.81. The van der Waals surface area contributed by atoms with Gasteiger partial charge in [-0.05, 0) is 54.1 Å². The van der Waals surface area contributed by atoms with E-state index in [9.17, 15) is 4.79 Å². The molecule has 5 heteroatoms. The van der Waals surface area contributed by atoms with Gasteiger partial charge in [0.05, 0.1) is 18.4 Å². The van der Waals surface area contributed by atoms with E-state index >= 15 is 0 Å². The number of ketones is 1. The van der Waals surface area contributed by atoms with E-state index in [1.54, 1.807) is 13.3 Å². The van der Waals surface area contributed by atoms with Gasteiger partial charge in [-0.2, -0.15) is 0 Å². The molecule has 0 amide bonds. The van der Waals surface area contributed by atoms with Gasteiger partial charge < -0.3 is 9.47 Å². The average molecular weight is 416 g/mol. The third-order valence-electron chi connectivity index (χ3n) is 4.71. The smallest absolute Gasteiger partial charge is 0.173 e. The molecule has 0 saturated carbocycles. The van der Waals surface area contributed by atoms with Crippen LogP contribution in [0.25, 0.3) is 10.9 Å². The van der Waals surface area contributed by atoms with Gasteiger partial charge in [-0.3, -0.25) is 9.78 Å². The zero-order chi connectivity index (χ0) is 20.8. The molecule has 30 heavy (non-hydrogen) atoms. The molecule has 4 rings (SSSR count). The molecule has 1 aromatic heterocycles. The second-order valence-corrected chi connectivity index (χ2v) is 7.72. The third-order valence-corrected chi connectivity index (χ3v) is 5.78. The molecule has 3 aromatic carbocycles. The van der Waals surface area contributed by atoms with E-state index in [0.29, 0.717) is 17.9 Å². The Kier molecular flexibility index (Phi) is 6.30. The molecule has 4 nitrogen and oxygen atoms in total. The summed E-state index contributed by atoms with van der Waals surface area (Å²) in [4.78, 5) is 18.0. The Morgan fingerprint density at radius 1 is 0.900 bits per heavy atom. The highest BCUT2D eigenvalue weighted by molar-refractivity contribution is 8.00. The number of para-hydroxylation sites is 1. The number of ether oxygens (including phenoxy) is 2. The van der Waals surface area contributed by atoms with Gasteiger partial charge in [0.15, 0.2) is 5.78 Å². The molecule has 0 radical (unpaired) electrons. The summed E-state index contributed by atoms with van der Waals surface area (Å²) in [5, 5.41) is 1.07. The summed E-state index contributed by atoms with van der Waals surface area (Å²) in [5.74, 6) is 2.01. The quantitative estimate of drug-likeness (QED) is 0.269. The molecule has 0 spiro atoms. The van der Waals surface area contributed by atoms with Crippen molar-refractivity contribution >= 4 is 28.4 Å². The first-order chi connectivity index (χ1) is 14.7. The molecule has 0 saturated heterocycles. The minimum Gasteiger partial charge on any atom is -0.497 e. The molecule has 0 unspecified atom stereocenters. The maximum atomic E-state index is 12.6. The minimum atomic E-state index is 0.0857. The number of rotatable bonds is 8. The Hall–Kier alpha value is -3.31. The topological polar surface area (TPSA) is 48.4 Å². The second-order valence-electron chi connectivity index (χ2n) is 6.70. The molecule has 4 aromatic rings. The van der Waals surface area contributed by atoms with Crippen LogP contribution in [0.5, 0.6) is 11.5 Å². The van der Waals surface area contributed by atoms with E-state index in [1.807, 2.05) is 78.9 Å². The van der Waals surface area contributed by atoms with Crippen molar-refractivity contribution in [2.75, 3.05) is 12.9 Å². The SMILES string of the molecule is COc1ccc(COc2ccc(C(=O)CSc3ccnc4ccccc34)cc2)cc1. The number of methoxy groups -OCH3 is 1. The monoisotopic (exact) mass is 415 g/mol. The van der Waals surface area contributed by atoms with E-state index in [-0.39, 0.29) is 5.78 Å². The molecule has 0 fully saturated rings. The van der Waals surface area contributed by atoms with Crippen molar-refractivity contribution in [3.05, 3.63) is 96.2 Å². The lowest BCUT2D eigenvalue weighted by Crippen LogP contribution is -2.02. The summed E-state index contributed by atoms with van der Waals surface area (Å²) in [7, 11) is 1.64. The molecule has 0 atom stereocenters. The lowest BCUT2D eigenvalue weighted by Gasteiger charge is -2.08. The number of hydrogen-bond acceptors (Lipinski definition) is 5. The van der Waals surface area contributed by atoms with Crippen LogP contribution < -0.4 is 9.47 Å². The Morgan fingerprint density at radius 3 is 2.40 bits per heavy atom. The molecule has 0 aliphatic heterocycles. The average Bonchev–Trinajstić information content (AvgIpc) is 2.82. The van der Waals surface area contributed by atoms with Crippen molar-refractivity contribution < 1.29 is 14.3 Å². The fourth-order valence-corrected chi connectivity index (χ4v) is 3.99. The van der Waals surface area contributed by atoms with Crippen molar-refractivity contribution in [1.29, 1.82) is 0 Å². The van der Waals surface area contributed by atoms with Crippen LogP contribution in [0.15, 0.2) is 90.0 Å². The Bertz CT molecular complexity index is 1140. The minimum absolute atomic E-state index is 0.0857. The van der Waals surface area contributed by atoms with E-state index in [4.69, 9.17) is 9.47 Å². The van der Waals surface area contributed by atoms with Gasteiger partial charge in [-0.15, -0.1) is 11.8 Å². The number of fused-ring (bicyclic) bond motifs is 1. The van der Waals surface area contributed by atoms with Crippen LogP contribution in [0.4, 0.5) is 0 Å². The van der Waals surface area contributed by atoms with Crippen LogP contribution in [0.2, 0.25) is 0 Å². The summed E-state index contributed by atoms with van der Waals surface area (Å²) >= 11 is 1.54. The highest BCUT2D eigenvalue weighted by Gasteiger charge is 2.09. The zero-order valence-corrected chi connectivity index (χ0v) is 17.4. The van der Waals surface area contributed by atoms with Crippen LogP contribution in [-0.4, -0.2) is 23.6 Å². The summed E-state index contributed by atoms with van der Waals surface area (Å²) < 4.78 is 11.0. The van der Waals surface area contributed by atoms with Gasteiger partial charge in [-0.25, -0.2) is 0 Å². The number of thioether (sulfide) groups is 1. The predicted octanol–water partition coefficient (Wildman–Crippen LogP) is 5.80. The maximum Gasteiger partial charge on any atom is 0.173 e. The largest absolute Gasteiger partial charge is 0.497 e. The first-order valence-corrected chi connectivity index (χ1v) is 10.6. The highest BCUT2D eigenvalue weighted by Crippen LogP contribution is 2.27. The van der Waals surface area contributed by atoms with Crippen LogP contribution >= 0.6 is 11.8 Å². The lowest BCUT2D eigenvalue weighted by atomic mass is 10.1. The van der Waals surface area contributed by atoms with Gasteiger partial charge in [-0.1, -0.05) is 30.3 Å². The van der Waals surface area contributed by atoms with E-state index in [1.165, 1.54) is 11.8 Å². The predicted molar refractivity (Wildman–Crippen MR) is 121 cm³/mol. The van der Waals surface area contributed by atoms with Gasteiger partial charge in [0, 0.05) is 22.0 Å². The highest BCUT2D eigenvalue weighted by atomic mass is 32.2. The van der Waals surface area contributed by atoms with Crippen LogP contribution in [0, 0.1) is 0 Å². The summed E-state index contributed by atoms with van der Waals surface area (Å²) in [5.41, 5.74) is 2.67. The van der Waals surface area contributed by atoms with Crippen LogP contribution in [-0.2, 0) is 6.61 Å². The molecule has 1 heterocycles. The van der Waals surface area contributed by atoms with Crippen molar-refractivity contribution in [1.82, 2.24) is 4.98 Å². The van der Waals surface area contributed by atoms with Crippen molar-refractivity contribution in [3.63, 3.8) is 0 Å². The van der Waals surface area contributed by atoms with E-state index < -0.39 is 0 Å². The van der Waals surface area contributed by atoms with Crippen molar-refractivity contribution in [2.45, 2.75) is 11.5 Å². The fourth-order valence-electron chi connectivity index (χ4n) is 3.05. The normalized spacial score (nSPS) is 10.7. The second kappa shape index (κ2) is 9.46. The summed E-state index contributed by atoms with van der Waals surface area (Å²) in [6.07, 6.45) is 1.78. The number of carbonyl (C=O) groups excluding carboxylic acids is 1. The number of aromatic nitrogens is 1. The van der Waals surface area contributed by atoms with E-state index in [2.05, 4.69) is 4.98 Å².